The second kappa shape index (κ2) is 9.46. The topological polar surface area (TPSA) is 17.1 Å². The van der Waals surface area contributed by atoms with Crippen molar-refractivity contribution in [2.24, 2.45) is 0 Å². The van der Waals surface area contributed by atoms with Gasteiger partial charge in [0.25, 0.3) is 0 Å². The van der Waals surface area contributed by atoms with Gasteiger partial charge in [-0.2, -0.15) is 0 Å². The van der Waals surface area contributed by atoms with E-state index in [0.717, 1.165) is 31.3 Å². The average Bonchev–Trinajstić information content (AvgIpc) is 2.24. The van der Waals surface area contributed by atoms with Crippen LogP contribution in [-0.4, -0.2) is 18.5 Å². The van der Waals surface area contributed by atoms with Crippen LogP contribution in [0.4, 0.5) is 0 Å². The molecule has 1 nitrogen and oxygen atoms in total. The van der Waals surface area contributed by atoms with Crippen LogP contribution in [0.15, 0.2) is 0 Å². The van der Waals surface area contributed by atoms with Crippen molar-refractivity contribution in [2.45, 2.75) is 65.7 Å². The Kier molecular flexibility index (Phi) is 9.60. The second-order valence-corrected chi connectivity index (χ2v) is 8.10. The van der Waals surface area contributed by atoms with Crippen molar-refractivity contribution in [1.82, 2.24) is 0 Å². The lowest BCUT2D eigenvalue weighted by atomic mass is 10.3. The summed E-state index contributed by atoms with van der Waals surface area (Å²) in [7, 11) is -1.78. The summed E-state index contributed by atoms with van der Waals surface area (Å²) < 4.78 is 12.6. The zero-order valence-corrected chi connectivity index (χ0v) is 11.8. The molecule has 15 heavy (non-hydrogen) atoms. The molecule has 0 aliphatic carbocycles. The molecule has 0 N–H and O–H groups in total. The first-order valence-corrected chi connectivity index (χ1v) is 9.02. The molecule has 0 unspecified atom stereocenters. The Morgan fingerprint density at radius 3 is 1.47 bits per heavy atom. The van der Waals surface area contributed by atoms with Gasteiger partial charge in [0.2, 0.25) is 0 Å². The van der Waals surface area contributed by atoms with Gasteiger partial charge in [0.1, 0.15) is 0 Å². The quantitative estimate of drug-likeness (QED) is 0.376. The minimum atomic E-state index is -1.78. The Bertz CT molecular complexity index is 165. The minimum absolute atomic E-state index is 1.01. The molecule has 0 aliphatic heterocycles. The summed E-state index contributed by atoms with van der Waals surface area (Å²) in [6, 6.07) is 0. The van der Waals surface area contributed by atoms with E-state index in [1.807, 2.05) is 0 Å². The predicted octanol–water partition coefficient (Wildman–Crippen LogP) is 5.14. The molecule has 0 radical (unpaired) electrons. The Balaban J connectivity index is 3.96. The van der Waals surface area contributed by atoms with E-state index in [-0.39, 0.29) is 0 Å². The lowest BCUT2D eigenvalue weighted by Gasteiger charge is -2.17. The van der Waals surface area contributed by atoms with E-state index in [0.29, 0.717) is 0 Å². The van der Waals surface area contributed by atoms with Gasteiger partial charge in [-0.3, -0.25) is 0 Å². The third-order valence-electron chi connectivity index (χ3n) is 3.01. The van der Waals surface area contributed by atoms with E-state index in [1.165, 1.54) is 32.1 Å². The van der Waals surface area contributed by atoms with Crippen LogP contribution in [0.3, 0.4) is 0 Å². The van der Waals surface area contributed by atoms with Crippen molar-refractivity contribution in [2.75, 3.05) is 18.5 Å². The Morgan fingerprint density at radius 1 is 0.667 bits per heavy atom. The van der Waals surface area contributed by atoms with Gasteiger partial charge in [-0.25, -0.2) is 0 Å². The monoisotopic (exact) mass is 232 g/mol. The molecule has 0 atom stereocenters. The molecule has 0 saturated heterocycles. The third-order valence-corrected chi connectivity index (χ3v) is 6.40. The van der Waals surface area contributed by atoms with Crippen molar-refractivity contribution in [3.63, 3.8) is 0 Å². The maximum absolute atomic E-state index is 12.6. The first-order valence-electron chi connectivity index (χ1n) is 6.75. The van der Waals surface area contributed by atoms with Gasteiger partial charge in [0.05, 0.1) is 7.14 Å². The molecule has 2 heteroatoms. The minimum Gasteiger partial charge on any atom is -0.324 e. The van der Waals surface area contributed by atoms with Crippen molar-refractivity contribution in [3.05, 3.63) is 0 Å². The fourth-order valence-electron chi connectivity index (χ4n) is 1.88. The van der Waals surface area contributed by atoms with Crippen molar-refractivity contribution in [1.29, 1.82) is 0 Å². The average molecular weight is 232 g/mol. The molecule has 0 aromatic rings. The van der Waals surface area contributed by atoms with Crippen LogP contribution in [0.5, 0.6) is 0 Å². The van der Waals surface area contributed by atoms with Crippen molar-refractivity contribution < 1.29 is 4.57 Å². The van der Waals surface area contributed by atoms with Crippen LogP contribution >= 0.6 is 7.14 Å². The third kappa shape index (κ3) is 8.08. The molecule has 0 bridgehead atoms. The van der Waals surface area contributed by atoms with Crippen LogP contribution in [0.25, 0.3) is 0 Å². The first-order chi connectivity index (χ1) is 7.18. The molecular formula is C13H29OP. The maximum atomic E-state index is 12.6. The lowest BCUT2D eigenvalue weighted by molar-refractivity contribution is 0.566. The molecule has 0 fully saturated rings. The summed E-state index contributed by atoms with van der Waals surface area (Å²) >= 11 is 0. The molecule has 0 saturated carbocycles. The Morgan fingerprint density at radius 2 is 1.07 bits per heavy atom. The highest BCUT2D eigenvalue weighted by Crippen LogP contribution is 2.48. The SMILES string of the molecule is CCCCCP(=O)(CCCC)CCCC. The van der Waals surface area contributed by atoms with Crippen molar-refractivity contribution in [3.8, 4) is 0 Å². The van der Waals surface area contributed by atoms with E-state index >= 15 is 0 Å². The fourth-order valence-corrected chi connectivity index (χ4v) is 5.13. The number of hydrogen-bond acceptors (Lipinski definition) is 1. The Labute approximate surface area is 96.4 Å². The van der Waals surface area contributed by atoms with Gasteiger partial charge in [-0.1, -0.05) is 46.5 Å². The van der Waals surface area contributed by atoms with E-state index in [4.69, 9.17) is 0 Å². The van der Waals surface area contributed by atoms with Gasteiger partial charge in [-0.15, -0.1) is 0 Å². The van der Waals surface area contributed by atoms with Gasteiger partial charge in [0.15, 0.2) is 0 Å². The summed E-state index contributed by atoms with van der Waals surface area (Å²) in [5.41, 5.74) is 0. The largest absolute Gasteiger partial charge is 0.324 e. The van der Waals surface area contributed by atoms with Crippen LogP contribution in [0.2, 0.25) is 0 Å². The van der Waals surface area contributed by atoms with Gasteiger partial charge < -0.3 is 4.57 Å². The van der Waals surface area contributed by atoms with Crippen LogP contribution in [-0.2, 0) is 4.57 Å². The number of hydrogen-bond donors (Lipinski definition) is 0. The predicted molar refractivity (Wildman–Crippen MR) is 71.5 cm³/mol. The highest BCUT2D eigenvalue weighted by atomic mass is 31.2. The zero-order chi connectivity index (χ0) is 11.6. The number of unbranched alkanes of at least 4 members (excludes halogenated alkanes) is 4. The number of rotatable bonds is 10. The fraction of sp³-hybridized carbons (Fsp3) is 1.00. The molecule has 0 heterocycles. The van der Waals surface area contributed by atoms with E-state index < -0.39 is 7.14 Å². The van der Waals surface area contributed by atoms with Gasteiger partial charge in [0, 0.05) is 18.5 Å². The molecule has 0 spiro atoms. The summed E-state index contributed by atoms with van der Waals surface area (Å²) in [5, 5.41) is 0. The van der Waals surface area contributed by atoms with E-state index in [1.54, 1.807) is 0 Å². The zero-order valence-electron chi connectivity index (χ0n) is 10.9. The normalized spacial score (nSPS) is 11.9. The lowest BCUT2D eigenvalue weighted by Crippen LogP contribution is -2.00. The first kappa shape index (κ1) is 15.2. The molecule has 0 aromatic carbocycles. The molecule has 0 rings (SSSR count). The smallest absolute Gasteiger partial charge is 0.0877 e. The van der Waals surface area contributed by atoms with Crippen LogP contribution in [0, 0.1) is 0 Å². The summed E-state index contributed by atoms with van der Waals surface area (Å²) in [6.45, 7) is 6.59. The molecular weight excluding hydrogens is 203 g/mol. The summed E-state index contributed by atoms with van der Waals surface area (Å²) in [6.07, 6.45) is 11.4. The summed E-state index contributed by atoms with van der Waals surface area (Å²) in [4.78, 5) is 0. The van der Waals surface area contributed by atoms with E-state index in [9.17, 15) is 4.57 Å². The molecule has 0 aromatic heterocycles. The Hall–Kier alpha value is 0.230. The maximum Gasteiger partial charge on any atom is 0.0877 e. The van der Waals surface area contributed by atoms with Crippen LogP contribution < -0.4 is 0 Å². The molecule has 92 valence electrons. The van der Waals surface area contributed by atoms with Crippen LogP contribution in [0.1, 0.15) is 65.7 Å². The van der Waals surface area contributed by atoms with Gasteiger partial charge in [-0.05, 0) is 19.3 Å². The van der Waals surface area contributed by atoms with Gasteiger partial charge >= 0.3 is 0 Å². The molecule has 0 amide bonds. The molecule has 0 aliphatic rings. The van der Waals surface area contributed by atoms with E-state index in [2.05, 4.69) is 20.8 Å². The highest BCUT2D eigenvalue weighted by Gasteiger charge is 2.19. The standard InChI is InChI=1S/C13H29OP/c1-4-7-10-13-15(14,11-8-5-2)12-9-6-3/h4-13H2,1-3H3. The highest BCUT2D eigenvalue weighted by molar-refractivity contribution is 7.63. The summed E-state index contributed by atoms with van der Waals surface area (Å²) in [5.74, 6) is 0. The van der Waals surface area contributed by atoms with Crippen molar-refractivity contribution >= 4 is 7.14 Å². The second-order valence-electron chi connectivity index (χ2n) is 4.64.